The zero-order valence-corrected chi connectivity index (χ0v) is 41.4. The van der Waals surface area contributed by atoms with Crippen molar-refractivity contribution in [3.05, 3.63) is 93.7 Å². The number of morpholine rings is 1. The molecular weight excluding hydrogens is 965 g/mol. The number of carbonyl (C=O) groups is 1. The summed E-state index contributed by atoms with van der Waals surface area (Å²) in [6.45, 7) is 6.40. The molecule has 3 aromatic carbocycles. The number of nitro groups is 1. The van der Waals surface area contributed by atoms with E-state index in [-0.39, 0.29) is 90.6 Å². The molecule has 0 unspecified atom stereocenters. The van der Waals surface area contributed by atoms with Crippen LogP contribution in [-0.2, 0) is 19.3 Å². The molecule has 4 N–H and O–H groups in total. The number of alkyl halides is 2. The Bertz CT molecular complexity index is 3100. The number of nitrogens with one attached hydrogen (secondary N) is 2. The van der Waals surface area contributed by atoms with Gasteiger partial charge in [0.15, 0.2) is 11.4 Å². The molecule has 386 valence electrons. The number of aromatic nitrogens is 2. The topological polar surface area (TPSA) is 211 Å². The summed E-state index contributed by atoms with van der Waals surface area (Å²) in [6, 6.07) is 17.2. The molecular formula is C52H59F2N9O9S. The number of hydrogen-bond acceptors (Lipinski definition) is 15. The number of sulfone groups is 1. The molecule has 7 aliphatic rings. The molecule has 5 aromatic rings. The van der Waals surface area contributed by atoms with Crippen LogP contribution in [0.25, 0.3) is 11.0 Å². The van der Waals surface area contributed by atoms with E-state index in [9.17, 15) is 23.7 Å². The average Bonchev–Trinajstić information content (AvgIpc) is 3.84. The summed E-state index contributed by atoms with van der Waals surface area (Å²) in [4.78, 5) is 41.9. The number of ether oxygens (including phenoxy) is 4. The first-order chi connectivity index (χ1) is 35.1. The fraction of sp³-hybridized carbons (Fsp3) is 0.500. The number of pyridine rings is 1. The number of nitrogens with zero attached hydrogens (tertiary/aromatic N) is 6. The molecule has 2 aromatic heterocycles. The van der Waals surface area contributed by atoms with Crippen molar-refractivity contribution < 1.29 is 45.9 Å². The Morgan fingerprint density at radius 1 is 0.945 bits per heavy atom. The Balaban J connectivity index is 0.936. The number of carbonyl (C=O) groups excluding carboxylic acids is 1. The van der Waals surface area contributed by atoms with Gasteiger partial charge in [-0.05, 0) is 79.8 Å². The van der Waals surface area contributed by atoms with Crippen LogP contribution in [0.15, 0.2) is 76.7 Å². The first-order valence-electron chi connectivity index (χ1n) is 25.3. The van der Waals surface area contributed by atoms with E-state index in [1.54, 1.807) is 18.3 Å². The molecule has 8 heterocycles. The first-order valence-corrected chi connectivity index (χ1v) is 26.8. The maximum atomic E-state index is 16.1. The Kier molecular flexibility index (Phi) is 12.0. The van der Waals surface area contributed by atoms with E-state index in [1.807, 2.05) is 21.9 Å². The van der Waals surface area contributed by atoms with Gasteiger partial charge in [0.25, 0.3) is 17.5 Å². The van der Waals surface area contributed by atoms with Gasteiger partial charge in [-0.25, -0.2) is 17.2 Å². The molecule has 6 aliphatic heterocycles. The van der Waals surface area contributed by atoms with E-state index < -0.39 is 55.4 Å². The Hall–Kier alpha value is -6.13. The second-order valence-electron chi connectivity index (χ2n) is 21.0. The summed E-state index contributed by atoms with van der Waals surface area (Å²) in [7, 11) is -4.84. The maximum Gasteiger partial charge on any atom is 0.297 e. The van der Waals surface area contributed by atoms with Crippen LogP contribution in [0.3, 0.4) is 0 Å². The molecule has 1 spiro atoms. The van der Waals surface area contributed by atoms with Crippen LogP contribution in [-0.4, -0.2) is 141 Å². The number of benzene rings is 3. The minimum absolute atomic E-state index is 0.000982. The van der Waals surface area contributed by atoms with Gasteiger partial charge in [0.05, 0.1) is 64.7 Å². The molecule has 21 heteroatoms. The number of nitrogens with two attached hydrogens (primary N) is 1. The number of H-pyrrole nitrogens is 1. The van der Waals surface area contributed by atoms with Crippen molar-refractivity contribution in [2.24, 2.45) is 11.1 Å². The summed E-state index contributed by atoms with van der Waals surface area (Å²) in [5.74, 6) is -3.46. The predicted octanol–water partition coefficient (Wildman–Crippen LogP) is 7.13. The van der Waals surface area contributed by atoms with Crippen molar-refractivity contribution in [1.82, 2.24) is 19.8 Å². The van der Waals surface area contributed by atoms with Gasteiger partial charge in [-0.3, -0.25) is 19.8 Å². The Morgan fingerprint density at radius 2 is 1.73 bits per heavy atom. The Morgan fingerprint density at radius 3 is 2.49 bits per heavy atom. The van der Waals surface area contributed by atoms with Gasteiger partial charge in [-0.2, -0.15) is 4.98 Å². The molecule has 1 saturated carbocycles. The molecule has 1 amide bonds. The molecule has 4 saturated heterocycles. The van der Waals surface area contributed by atoms with Crippen molar-refractivity contribution in [3.63, 3.8) is 0 Å². The maximum absolute atomic E-state index is 16.1. The molecule has 0 radical (unpaired) electrons. The van der Waals surface area contributed by atoms with Gasteiger partial charge in [-0.1, -0.05) is 24.3 Å². The number of aryl methyl sites for hydroxylation is 1. The van der Waals surface area contributed by atoms with Crippen molar-refractivity contribution in [1.29, 1.82) is 0 Å². The lowest BCUT2D eigenvalue weighted by Crippen LogP contribution is -2.58. The average molecular weight is 1020 g/mol. The quantitative estimate of drug-likeness (QED) is 0.0939. The number of piperidine rings is 2. The lowest BCUT2D eigenvalue weighted by Gasteiger charge is -2.57. The van der Waals surface area contributed by atoms with Crippen LogP contribution in [0.5, 0.6) is 11.6 Å². The van der Waals surface area contributed by atoms with Crippen molar-refractivity contribution >= 4 is 55.2 Å². The van der Waals surface area contributed by atoms with E-state index in [0.717, 1.165) is 38.3 Å². The standard InChI is InChI=1S/C52H59F2N9O9S/c1-31-4-2-3-5-36(31)42-29-70-21-19-61(42)34-25-51(26-34)10-17-60(18-11-51)39-7-6-37(48(55)64)46(62-38-9-20-69-30-44(38)72-50-41(62)22-32-8-14-56-49(32)58-50)47(39)73(67,68)35-23-40(63(65)66)45-43(24-35)71-28-33(57-45)27-59-15-12-52(53,54)13-16-59/h2-8,14,22-24,33-34,38,42,44,57H,9-13,15-21,25-30H2,1H3,(H2,55,64)(H,56,58)/t33-,38+,42+,44+/m1/s1. The third-order valence-electron chi connectivity index (χ3n) is 16.6. The van der Waals surface area contributed by atoms with E-state index in [4.69, 9.17) is 29.7 Å². The van der Waals surface area contributed by atoms with E-state index in [0.29, 0.717) is 67.8 Å². The van der Waals surface area contributed by atoms with E-state index in [1.165, 1.54) is 17.2 Å². The summed E-state index contributed by atoms with van der Waals surface area (Å²) in [6.07, 6.45) is 4.50. The zero-order valence-electron chi connectivity index (χ0n) is 40.6. The van der Waals surface area contributed by atoms with E-state index in [2.05, 4.69) is 51.3 Å². The van der Waals surface area contributed by atoms with Gasteiger partial charge in [0.2, 0.25) is 15.7 Å². The fourth-order valence-corrected chi connectivity index (χ4v) is 14.4. The fourth-order valence-electron chi connectivity index (χ4n) is 12.7. The van der Waals surface area contributed by atoms with Crippen LogP contribution in [0.2, 0.25) is 0 Å². The molecule has 18 nitrogen and oxygen atoms in total. The highest BCUT2D eigenvalue weighted by Crippen LogP contribution is 2.56. The van der Waals surface area contributed by atoms with Crippen molar-refractivity contribution in [3.8, 4) is 11.6 Å². The van der Waals surface area contributed by atoms with Crippen LogP contribution < -0.4 is 30.3 Å². The monoisotopic (exact) mass is 1020 g/mol. The Labute approximate surface area is 421 Å². The second-order valence-corrected chi connectivity index (χ2v) is 22.9. The van der Waals surface area contributed by atoms with Gasteiger partial charge in [0, 0.05) is 88.5 Å². The molecule has 0 bridgehead atoms. The summed E-state index contributed by atoms with van der Waals surface area (Å²) in [5, 5.41) is 16.9. The number of rotatable bonds is 10. The van der Waals surface area contributed by atoms with Gasteiger partial charge in [0.1, 0.15) is 28.9 Å². The minimum atomic E-state index is -4.84. The minimum Gasteiger partial charge on any atom is -0.489 e. The number of nitro benzene ring substituents is 1. The molecule has 12 rings (SSSR count). The normalized spacial score (nSPS) is 25.1. The summed E-state index contributed by atoms with van der Waals surface area (Å²) < 4.78 is 84.9. The van der Waals surface area contributed by atoms with E-state index >= 15 is 8.42 Å². The van der Waals surface area contributed by atoms with Crippen LogP contribution >= 0.6 is 0 Å². The second kappa shape index (κ2) is 18.4. The highest BCUT2D eigenvalue weighted by Gasteiger charge is 2.51. The predicted molar refractivity (Wildman–Crippen MR) is 267 cm³/mol. The lowest BCUT2D eigenvalue weighted by molar-refractivity contribution is -0.384. The van der Waals surface area contributed by atoms with Crippen molar-refractivity contribution in [2.75, 3.05) is 87.4 Å². The van der Waals surface area contributed by atoms with Gasteiger partial charge < -0.3 is 49.7 Å². The highest BCUT2D eigenvalue weighted by molar-refractivity contribution is 7.91. The third kappa shape index (κ3) is 8.59. The molecule has 5 fully saturated rings. The molecule has 73 heavy (non-hydrogen) atoms. The number of aromatic amines is 1. The number of amides is 1. The van der Waals surface area contributed by atoms with Gasteiger partial charge in [-0.15, -0.1) is 0 Å². The number of primary amides is 1. The van der Waals surface area contributed by atoms with Crippen molar-refractivity contribution in [2.45, 2.75) is 97.9 Å². The SMILES string of the molecule is Cc1ccccc1[C@@H]1COCCN1C1CC2(CCN(c3ccc(C(N)=O)c(N4c5cc6cc[nH]c6nc5O[C@H]5COCC[C@@H]54)c3S(=O)(=O)c3cc4c(c([N+](=O)[O-])c3)N[C@H](CN3CCC(F)(F)CC3)CO4)CC2)C1. The number of anilines is 4. The zero-order chi connectivity index (χ0) is 50.4. The first kappa shape index (κ1) is 47.8. The lowest BCUT2D eigenvalue weighted by atomic mass is 9.59. The smallest absolute Gasteiger partial charge is 0.297 e. The third-order valence-corrected chi connectivity index (χ3v) is 18.4. The number of fused-ring (bicyclic) bond motifs is 4. The number of hydrogen-bond donors (Lipinski definition) is 3. The van der Waals surface area contributed by atoms with Gasteiger partial charge >= 0.3 is 0 Å². The van der Waals surface area contributed by atoms with Crippen LogP contribution in [0.4, 0.5) is 37.2 Å². The van der Waals surface area contributed by atoms with Crippen LogP contribution in [0.1, 0.15) is 72.5 Å². The molecule has 4 atom stereocenters. The molecule has 1 aliphatic carbocycles. The van der Waals surface area contributed by atoms with Crippen LogP contribution in [0, 0.1) is 22.5 Å². The number of likely N-dealkylation sites (tertiary alicyclic amines) is 1. The largest absolute Gasteiger partial charge is 0.489 e. The summed E-state index contributed by atoms with van der Waals surface area (Å²) >= 11 is 0. The highest BCUT2D eigenvalue weighted by atomic mass is 32.2. The number of halogens is 2. The summed E-state index contributed by atoms with van der Waals surface area (Å²) in [5.41, 5.74) is 9.54.